The third-order valence-corrected chi connectivity index (χ3v) is 3.65. The highest BCUT2D eigenvalue weighted by atomic mass is 79.9. The van der Waals surface area contributed by atoms with Gasteiger partial charge in [0.1, 0.15) is 10.7 Å². The second-order valence-corrected chi connectivity index (χ2v) is 5.33. The topological polar surface area (TPSA) is 30.0 Å². The first kappa shape index (κ1) is 11.5. The number of hydrogen-bond acceptors (Lipinski definition) is 3. The summed E-state index contributed by atoms with van der Waals surface area (Å²) in [5.41, 5.74) is 2.78. The Morgan fingerprint density at radius 2 is 2.19 bits per heavy atom. The van der Waals surface area contributed by atoms with Gasteiger partial charge in [0.2, 0.25) is 0 Å². The maximum atomic E-state index is 11.2. The third-order valence-electron chi connectivity index (χ3n) is 2.28. The zero-order chi connectivity index (χ0) is 11.7. The molecule has 0 atom stereocenters. The fraction of sp³-hybridized carbons (Fsp3) is 0.167. The van der Waals surface area contributed by atoms with Crippen LogP contribution >= 0.6 is 27.3 Å². The minimum atomic E-state index is 0.0114. The first-order chi connectivity index (χ1) is 7.58. The molecule has 0 bridgehead atoms. The molecule has 0 saturated carbocycles. The van der Waals surface area contributed by atoms with Gasteiger partial charge in [-0.05, 0) is 24.6 Å². The van der Waals surface area contributed by atoms with Crippen LogP contribution in [0.5, 0.6) is 0 Å². The van der Waals surface area contributed by atoms with E-state index in [1.54, 1.807) is 5.38 Å². The monoisotopic (exact) mass is 295 g/mol. The molecule has 2 rings (SSSR count). The lowest BCUT2D eigenvalue weighted by atomic mass is 10.1. The number of thiazole rings is 1. The molecule has 16 heavy (non-hydrogen) atoms. The molecule has 82 valence electrons. The summed E-state index contributed by atoms with van der Waals surface area (Å²) >= 11 is 4.93. The molecule has 2 nitrogen and oxygen atoms in total. The molecule has 0 fully saturated rings. The standard InChI is InChI=1S/C12H10BrNOS/c1-7-5-9(13)3-4-10(7)12-14-11(6-16-12)8(2)15/h3-6H,1-2H3. The van der Waals surface area contributed by atoms with Crippen LogP contribution in [0.15, 0.2) is 28.1 Å². The molecular weight excluding hydrogens is 286 g/mol. The number of carbonyl (C=O) groups is 1. The molecule has 0 spiro atoms. The summed E-state index contributed by atoms with van der Waals surface area (Å²) in [6.07, 6.45) is 0. The number of hydrogen-bond donors (Lipinski definition) is 0. The maximum absolute atomic E-state index is 11.2. The number of rotatable bonds is 2. The number of carbonyl (C=O) groups excluding carboxylic acids is 1. The van der Waals surface area contributed by atoms with Gasteiger partial charge < -0.3 is 0 Å². The van der Waals surface area contributed by atoms with E-state index in [-0.39, 0.29) is 5.78 Å². The average Bonchev–Trinajstić information content (AvgIpc) is 2.66. The van der Waals surface area contributed by atoms with Gasteiger partial charge in [-0.25, -0.2) is 4.98 Å². The molecule has 0 aliphatic rings. The summed E-state index contributed by atoms with van der Waals surface area (Å²) in [7, 11) is 0. The van der Waals surface area contributed by atoms with Crippen molar-refractivity contribution >= 4 is 33.0 Å². The molecule has 0 radical (unpaired) electrons. The van der Waals surface area contributed by atoms with Crippen molar-refractivity contribution in [3.8, 4) is 10.6 Å². The number of ketones is 1. The van der Waals surface area contributed by atoms with Gasteiger partial charge in [-0.2, -0.15) is 0 Å². The molecule has 1 aromatic carbocycles. The fourth-order valence-corrected chi connectivity index (χ4v) is 2.85. The predicted molar refractivity (Wildman–Crippen MR) is 70.0 cm³/mol. The lowest BCUT2D eigenvalue weighted by Crippen LogP contribution is -1.91. The molecule has 1 heterocycles. The molecule has 0 aliphatic carbocycles. The van der Waals surface area contributed by atoms with Crippen molar-refractivity contribution in [2.24, 2.45) is 0 Å². The van der Waals surface area contributed by atoms with Gasteiger partial charge in [0.25, 0.3) is 0 Å². The second-order valence-electron chi connectivity index (χ2n) is 3.55. The summed E-state index contributed by atoms with van der Waals surface area (Å²) in [5.74, 6) is 0.0114. The highest BCUT2D eigenvalue weighted by Gasteiger charge is 2.09. The Morgan fingerprint density at radius 3 is 2.75 bits per heavy atom. The maximum Gasteiger partial charge on any atom is 0.178 e. The van der Waals surface area contributed by atoms with E-state index < -0.39 is 0 Å². The number of halogens is 1. The van der Waals surface area contributed by atoms with Crippen molar-refractivity contribution in [1.29, 1.82) is 0 Å². The molecule has 0 aliphatic heterocycles. The SMILES string of the molecule is CC(=O)c1csc(-c2ccc(Br)cc2C)n1. The van der Waals surface area contributed by atoms with Crippen molar-refractivity contribution in [3.05, 3.63) is 39.3 Å². The van der Waals surface area contributed by atoms with Crippen LogP contribution in [0.25, 0.3) is 10.6 Å². The Balaban J connectivity index is 2.46. The third kappa shape index (κ3) is 2.23. The highest BCUT2D eigenvalue weighted by molar-refractivity contribution is 9.10. The van der Waals surface area contributed by atoms with E-state index in [2.05, 4.69) is 20.9 Å². The Hall–Kier alpha value is -1.00. The molecular formula is C12H10BrNOS. The van der Waals surface area contributed by atoms with E-state index in [9.17, 15) is 4.79 Å². The van der Waals surface area contributed by atoms with Crippen molar-refractivity contribution < 1.29 is 4.79 Å². The smallest absolute Gasteiger partial charge is 0.178 e. The Bertz CT molecular complexity index is 548. The minimum Gasteiger partial charge on any atom is -0.293 e. The van der Waals surface area contributed by atoms with E-state index in [1.165, 1.54) is 18.3 Å². The highest BCUT2D eigenvalue weighted by Crippen LogP contribution is 2.28. The van der Waals surface area contributed by atoms with Gasteiger partial charge >= 0.3 is 0 Å². The zero-order valence-corrected chi connectivity index (χ0v) is 11.4. The molecule has 1 aromatic heterocycles. The number of benzene rings is 1. The van der Waals surface area contributed by atoms with E-state index in [0.717, 1.165) is 20.6 Å². The largest absolute Gasteiger partial charge is 0.293 e. The number of aryl methyl sites for hydroxylation is 1. The average molecular weight is 296 g/mol. The first-order valence-corrected chi connectivity index (χ1v) is 6.48. The van der Waals surface area contributed by atoms with Gasteiger partial charge in [-0.1, -0.05) is 22.0 Å². The molecule has 2 aromatic rings. The number of Topliss-reactive ketones (excluding diaryl/α,β-unsaturated/α-hetero) is 1. The number of nitrogens with zero attached hydrogens (tertiary/aromatic N) is 1. The lowest BCUT2D eigenvalue weighted by Gasteiger charge is -2.02. The quantitative estimate of drug-likeness (QED) is 0.781. The van der Waals surface area contributed by atoms with Crippen LogP contribution in [-0.4, -0.2) is 10.8 Å². The summed E-state index contributed by atoms with van der Waals surface area (Å²) in [5, 5.41) is 2.70. The predicted octanol–water partition coefficient (Wildman–Crippen LogP) is 4.08. The van der Waals surface area contributed by atoms with Crippen LogP contribution in [-0.2, 0) is 0 Å². The van der Waals surface area contributed by atoms with Crippen LogP contribution in [0.3, 0.4) is 0 Å². The summed E-state index contributed by atoms with van der Waals surface area (Å²) in [6.45, 7) is 3.57. The Morgan fingerprint density at radius 1 is 1.44 bits per heavy atom. The van der Waals surface area contributed by atoms with Crippen molar-refractivity contribution in [2.45, 2.75) is 13.8 Å². The van der Waals surface area contributed by atoms with Gasteiger partial charge in [0.15, 0.2) is 5.78 Å². The van der Waals surface area contributed by atoms with Gasteiger partial charge in [-0.3, -0.25) is 4.79 Å². The van der Waals surface area contributed by atoms with Crippen LogP contribution < -0.4 is 0 Å². The molecule has 4 heteroatoms. The van der Waals surface area contributed by atoms with Crippen LogP contribution in [0.1, 0.15) is 23.0 Å². The molecule has 0 saturated heterocycles. The van der Waals surface area contributed by atoms with Crippen molar-refractivity contribution in [1.82, 2.24) is 4.98 Å². The van der Waals surface area contributed by atoms with E-state index in [1.807, 2.05) is 25.1 Å². The van der Waals surface area contributed by atoms with Gasteiger partial charge in [-0.15, -0.1) is 11.3 Å². The fourth-order valence-electron chi connectivity index (χ4n) is 1.43. The lowest BCUT2D eigenvalue weighted by molar-refractivity contribution is 0.101. The van der Waals surface area contributed by atoms with E-state index >= 15 is 0 Å². The van der Waals surface area contributed by atoms with Crippen LogP contribution in [0.4, 0.5) is 0 Å². The normalized spacial score (nSPS) is 10.4. The molecule has 0 unspecified atom stereocenters. The summed E-state index contributed by atoms with van der Waals surface area (Å²) in [6, 6.07) is 6.05. The Kier molecular flexibility index (Phi) is 3.21. The van der Waals surface area contributed by atoms with E-state index in [4.69, 9.17) is 0 Å². The zero-order valence-electron chi connectivity index (χ0n) is 8.95. The van der Waals surface area contributed by atoms with Gasteiger partial charge in [0.05, 0.1) is 0 Å². The van der Waals surface area contributed by atoms with Gasteiger partial charge in [0, 0.05) is 22.3 Å². The number of aromatic nitrogens is 1. The van der Waals surface area contributed by atoms with Crippen molar-refractivity contribution in [3.63, 3.8) is 0 Å². The minimum absolute atomic E-state index is 0.0114. The Labute approximate surface area is 106 Å². The second kappa shape index (κ2) is 4.47. The van der Waals surface area contributed by atoms with Crippen LogP contribution in [0.2, 0.25) is 0 Å². The summed E-state index contributed by atoms with van der Waals surface area (Å²) < 4.78 is 1.05. The first-order valence-electron chi connectivity index (χ1n) is 4.81. The van der Waals surface area contributed by atoms with Crippen molar-refractivity contribution in [2.75, 3.05) is 0 Å². The van der Waals surface area contributed by atoms with Crippen LogP contribution in [0, 0.1) is 6.92 Å². The molecule has 0 N–H and O–H groups in total. The van der Waals surface area contributed by atoms with E-state index in [0.29, 0.717) is 5.69 Å². The summed E-state index contributed by atoms with van der Waals surface area (Å²) in [4.78, 5) is 15.5. The molecule has 0 amide bonds.